The van der Waals surface area contributed by atoms with Crippen LogP contribution >= 0.6 is 0 Å². The van der Waals surface area contributed by atoms with Gasteiger partial charge in [0.05, 0.1) is 13.2 Å². The number of carbonyl (C=O) groups excluding carboxylic acids is 1. The van der Waals surface area contributed by atoms with Crippen molar-refractivity contribution in [3.05, 3.63) is 36.4 Å². The number of benzene rings is 1. The molecule has 0 radical (unpaired) electrons. The first-order valence-electron chi connectivity index (χ1n) is 7.22. The van der Waals surface area contributed by atoms with Crippen LogP contribution in [0.2, 0.25) is 0 Å². The number of aromatic nitrogens is 3. The van der Waals surface area contributed by atoms with Gasteiger partial charge in [-0.05, 0) is 32.4 Å². The molecule has 0 spiro atoms. The zero-order valence-electron chi connectivity index (χ0n) is 13.0. The Kier molecular flexibility index (Phi) is 5.35. The highest BCUT2D eigenvalue weighted by molar-refractivity contribution is 5.89. The topological polar surface area (TPSA) is 81.1 Å². The third kappa shape index (κ3) is 4.47. The molecule has 118 valence electrons. The van der Waals surface area contributed by atoms with Crippen LogP contribution in [0.3, 0.4) is 0 Å². The third-order valence-corrected chi connectivity index (χ3v) is 3.05. The summed E-state index contributed by atoms with van der Waals surface area (Å²) in [5.74, 6) is 0.774. The molecule has 1 atom stereocenters. The van der Waals surface area contributed by atoms with Gasteiger partial charge in [0.25, 0.3) is 0 Å². The molecule has 1 heterocycles. The highest BCUT2D eigenvalue weighted by atomic mass is 16.5. The van der Waals surface area contributed by atoms with Crippen molar-refractivity contribution in [2.75, 3.05) is 11.9 Å². The number of nitrogens with one attached hydrogen (secondary N) is 2. The second-order valence-electron chi connectivity index (χ2n) is 5.03. The van der Waals surface area contributed by atoms with E-state index in [1.54, 1.807) is 11.0 Å². The van der Waals surface area contributed by atoms with E-state index in [0.29, 0.717) is 18.8 Å². The molecule has 0 fully saturated rings. The highest BCUT2D eigenvalue weighted by Gasteiger charge is 2.09. The van der Waals surface area contributed by atoms with Crippen molar-refractivity contribution in [2.24, 2.45) is 0 Å². The van der Waals surface area contributed by atoms with Crippen molar-refractivity contribution in [1.82, 2.24) is 20.1 Å². The van der Waals surface area contributed by atoms with Gasteiger partial charge >= 0.3 is 6.03 Å². The number of amides is 2. The molecule has 2 rings (SSSR count). The average Bonchev–Trinajstić information content (AvgIpc) is 2.95. The zero-order chi connectivity index (χ0) is 15.9. The van der Waals surface area contributed by atoms with Gasteiger partial charge in [-0.25, -0.2) is 9.78 Å². The molecule has 22 heavy (non-hydrogen) atoms. The lowest BCUT2D eigenvalue weighted by molar-refractivity contribution is 0.247. The predicted molar refractivity (Wildman–Crippen MR) is 84.0 cm³/mol. The van der Waals surface area contributed by atoms with Crippen LogP contribution in [-0.4, -0.2) is 33.4 Å². The number of rotatable bonds is 6. The van der Waals surface area contributed by atoms with Crippen LogP contribution in [-0.2, 0) is 6.54 Å². The molecule has 0 bridgehead atoms. The Morgan fingerprint density at radius 3 is 2.95 bits per heavy atom. The van der Waals surface area contributed by atoms with Crippen molar-refractivity contribution < 1.29 is 9.53 Å². The average molecular weight is 303 g/mol. The van der Waals surface area contributed by atoms with Gasteiger partial charge in [-0.15, -0.1) is 0 Å². The molecule has 0 aliphatic heterocycles. The van der Waals surface area contributed by atoms with Crippen LogP contribution in [0, 0.1) is 6.92 Å². The molecule has 7 nitrogen and oxygen atoms in total. The zero-order valence-corrected chi connectivity index (χ0v) is 13.0. The van der Waals surface area contributed by atoms with Crippen LogP contribution in [0.1, 0.15) is 19.4 Å². The molecule has 2 aromatic rings. The Bertz CT molecular complexity index is 612. The molecule has 0 saturated carbocycles. The second kappa shape index (κ2) is 7.44. The van der Waals surface area contributed by atoms with E-state index in [9.17, 15) is 4.79 Å². The van der Waals surface area contributed by atoms with Crippen LogP contribution in [0.4, 0.5) is 10.5 Å². The Labute approximate surface area is 129 Å². The van der Waals surface area contributed by atoms with Gasteiger partial charge in [0.15, 0.2) is 0 Å². The second-order valence-corrected chi connectivity index (χ2v) is 5.03. The van der Waals surface area contributed by atoms with Crippen molar-refractivity contribution in [3.8, 4) is 5.75 Å². The molecule has 2 amide bonds. The SMILES string of the molecule is CCOc1cc(NC(=O)N[C@@H](C)Cn2cncn2)ccc1C. The summed E-state index contributed by atoms with van der Waals surface area (Å²) >= 11 is 0. The highest BCUT2D eigenvalue weighted by Crippen LogP contribution is 2.22. The Morgan fingerprint density at radius 2 is 2.27 bits per heavy atom. The fourth-order valence-corrected chi connectivity index (χ4v) is 2.03. The number of hydrogen-bond donors (Lipinski definition) is 2. The van der Waals surface area contributed by atoms with Crippen molar-refractivity contribution >= 4 is 11.7 Å². The molecule has 2 N–H and O–H groups in total. The smallest absolute Gasteiger partial charge is 0.319 e. The number of hydrogen-bond acceptors (Lipinski definition) is 4. The fourth-order valence-electron chi connectivity index (χ4n) is 2.03. The van der Waals surface area contributed by atoms with Gasteiger partial charge in [-0.1, -0.05) is 6.07 Å². The van der Waals surface area contributed by atoms with E-state index in [1.807, 2.05) is 39.0 Å². The van der Waals surface area contributed by atoms with E-state index < -0.39 is 0 Å². The molecule has 0 unspecified atom stereocenters. The van der Waals surface area contributed by atoms with Gasteiger partial charge in [-0.2, -0.15) is 5.10 Å². The monoisotopic (exact) mass is 303 g/mol. The lowest BCUT2D eigenvalue weighted by Crippen LogP contribution is -2.38. The number of aryl methyl sites for hydroxylation is 1. The minimum absolute atomic E-state index is 0.0708. The maximum atomic E-state index is 12.0. The molecular weight excluding hydrogens is 282 g/mol. The first-order valence-corrected chi connectivity index (χ1v) is 7.22. The molecule has 0 aliphatic carbocycles. The first-order chi connectivity index (χ1) is 10.6. The van der Waals surface area contributed by atoms with Gasteiger partial charge in [-0.3, -0.25) is 4.68 Å². The first kappa shape index (κ1) is 15.8. The molecule has 0 saturated heterocycles. The van der Waals surface area contributed by atoms with Gasteiger partial charge in [0, 0.05) is 17.8 Å². The van der Waals surface area contributed by atoms with Gasteiger partial charge in [0.1, 0.15) is 18.4 Å². The number of ether oxygens (including phenoxy) is 1. The van der Waals surface area contributed by atoms with Gasteiger partial charge in [0.2, 0.25) is 0 Å². The van der Waals surface area contributed by atoms with Crippen LogP contribution in [0.5, 0.6) is 5.75 Å². The summed E-state index contributed by atoms with van der Waals surface area (Å²) in [5.41, 5.74) is 1.73. The predicted octanol–water partition coefficient (Wildman–Crippen LogP) is 2.20. The molecule has 1 aromatic heterocycles. The lowest BCUT2D eigenvalue weighted by atomic mass is 10.2. The summed E-state index contributed by atoms with van der Waals surface area (Å²) in [5, 5.41) is 9.66. The summed E-state index contributed by atoms with van der Waals surface area (Å²) in [7, 11) is 0. The normalized spacial score (nSPS) is 11.8. The maximum Gasteiger partial charge on any atom is 0.319 e. The summed E-state index contributed by atoms with van der Waals surface area (Å²) in [6.07, 6.45) is 3.08. The summed E-state index contributed by atoms with van der Waals surface area (Å²) in [4.78, 5) is 15.9. The molecule has 1 aromatic carbocycles. The molecular formula is C15H21N5O2. The Morgan fingerprint density at radius 1 is 1.45 bits per heavy atom. The number of carbonyl (C=O) groups is 1. The van der Waals surface area contributed by atoms with E-state index in [1.165, 1.54) is 6.33 Å². The van der Waals surface area contributed by atoms with Crippen LogP contribution in [0.25, 0.3) is 0 Å². The minimum Gasteiger partial charge on any atom is -0.494 e. The molecule has 7 heteroatoms. The van der Waals surface area contributed by atoms with Gasteiger partial charge < -0.3 is 15.4 Å². The summed E-state index contributed by atoms with van der Waals surface area (Å²) in [6, 6.07) is 5.25. The lowest BCUT2D eigenvalue weighted by Gasteiger charge is -2.15. The fraction of sp³-hybridized carbons (Fsp3) is 0.400. The van der Waals surface area contributed by atoms with Crippen molar-refractivity contribution in [1.29, 1.82) is 0 Å². The summed E-state index contributed by atoms with van der Waals surface area (Å²) < 4.78 is 7.19. The summed E-state index contributed by atoms with van der Waals surface area (Å²) in [6.45, 7) is 6.95. The Balaban J connectivity index is 1.90. The largest absolute Gasteiger partial charge is 0.494 e. The van der Waals surface area contributed by atoms with E-state index in [4.69, 9.17) is 4.74 Å². The quantitative estimate of drug-likeness (QED) is 0.857. The minimum atomic E-state index is -0.265. The third-order valence-electron chi connectivity index (χ3n) is 3.05. The van der Waals surface area contributed by atoms with E-state index in [0.717, 1.165) is 11.3 Å². The maximum absolute atomic E-state index is 12.0. The standard InChI is InChI=1S/C15H21N5O2/c1-4-22-14-7-13(6-5-11(14)2)19-15(21)18-12(3)8-20-10-16-9-17-20/h5-7,9-10,12H,4,8H2,1-3H3,(H2,18,19,21)/t12-/m0/s1. The van der Waals surface area contributed by atoms with E-state index in [2.05, 4.69) is 20.7 Å². The van der Waals surface area contributed by atoms with Crippen LogP contribution in [0.15, 0.2) is 30.9 Å². The number of nitrogens with zero attached hydrogens (tertiary/aromatic N) is 3. The van der Waals surface area contributed by atoms with E-state index in [-0.39, 0.29) is 12.1 Å². The van der Waals surface area contributed by atoms with Crippen LogP contribution < -0.4 is 15.4 Å². The van der Waals surface area contributed by atoms with Crippen molar-refractivity contribution in [3.63, 3.8) is 0 Å². The Hall–Kier alpha value is -2.57. The van der Waals surface area contributed by atoms with E-state index >= 15 is 0 Å². The molecule has 0 aliphatic rings. The van der Waals surface area contributed by atoms with Crippen molar-refractivity contribution in [2.45, 2.75) is 33.4 Å². The number of urea groups is 1. The number of anilines is 1.